The number of hydrogen-bond acceptors (Lipinski definition) is 5. The van der Waals surface area contributed by atoms with Gasteiger partial charge in [0.1, 0.15) is 0 Å². The Morgan fingerprint density at radius 2 is 1.81 bits per heavy atom. The molecule has 2 amide bonds. The number of benzene rings is 1. The molecule has 0 unspecified atom stereocenters. The number of amides is 2. The van der Waals surface area contributed by atoms with Gasteiger partial charge in [0.25, 0.3) is 11.6 Å². The Hall–Kier alpha value is -3.23. The van der Waals surface area contributed by atoms with Crippen molar-refractivity contribution in [2.45, 2.75) is 40.7 Å². The molecule has 0 atom stereocenters. The molecule has 2 rings (SSSR count). The first kappa shape index (κ1) is 20.1. The van der Waals surface area contributed by atoms with Gasteiger partial charge in [-0.3, -0.25) is 35.2 Å². The van der Waals surface area contributed by atoms with Crippen LogP contribution in [0, 0.1) is 29.9 Å². The fourth-order valence-electron chi connectivity index (χ4n) is 2.65. The Balaban J connectivity index is 1.95. The molecule has 0 aliphatic carbocycles. The molecule has 1 heterocycles. The average molecular weight is 373 g/mol. The number of aryl methyl sites for hydroxylation is 1. The first-order valence-electron chi connectivity index (χ1n) is 8.55. The second-order valence-corrected chi connectivity index (χ2v) is 6.71. The number of carbonyl (C=O) groups is 2. The van der Waals surface area contributed by atoms with Crippen molar-refractivity contribution >= 4 is 17.5 Å². The maximum absolute atomic E-state index is 12.2. The van der Waals surface area contributed by atoms with Crippen LogP contribution >= 0.6 is 0 Å². The van der Waals surface area contributed by atoms with Gasteiger partial charge in [0, 0.05) is 35.5 Å². The van der Waals surface area contributed by atoms with Crippen LogP contribution in [0.3, 0.4) is 0 Å². The number of hydrazine groups is 1. The van der Waals surface area contributed by atoms with Gasteiger partial charge < -0.3 is 0 Å². The summed E-state index contributed by atoms with van der Waals surface area (Å²) >= 11 is 0. The molecule has 0 spiro atoms. The summed E-state index contributed by atoms with van der Waals surface area (Å²) in [6, 6.07) is 5.10. The van der Waals surface area contributed by atoms with E-state index in [-0.39, 0.29) is 23.6 Å². The standard InChI is InChI=1S/C18H23N5O4/c1-11(2)10-22-13(4)16(12(3)21-22)9-17(24)19-20-18(25)14-5-7-15(8-6-14)23(26)27/h5-8,11H,9-10H2,1-4H3,(H,19,24)(H,20,25). The van der Waals surface area contributed by atoms with E-state index in [0.29, 0.717) is 5.92 Å². The Bertz CT molecular complexity index is 855. The molecule has 0 aliphatic rings. The van der Waals surface area contributed by atoms with Crippen LogP contribution in [0.1, 0.15) is 41.2 Å². The van der Waals surface area contributed by atoms with Crippen LogP contribution in [0.15, 0.2) is 24.3 Å². The van der Waals surface area contributed by atoms with E-state index in [2.05, 4.69) is 29.8 Å². The molecule has 27 heavy (non-hydrogen) atoms. The summed E-state index contributed by atoms with van der Waals surface area (Å²) in [5.74, 6) is -0.492. The Morgan fingerprint density at radius 1 is 1.19 bits per heavy atom. The van der Waals surface area contributed by atoms with E-state index in [0.717, 1.165) is 23.5 Å². The number of hydrogen-bond donors (Lipinski definition) is 2. The van der Waals surface area contributed by atoms with Gasteiger partial charge in [-0.15, -0.1) is 0 Å². The highest BCUT2D eigenvalue weighted by molar-refractivity contribution is 5.95. The number of aromatic nitrogens is 2. The zero-order chi connectivity index (χ0) is 20.1. The highest BCUT2D eigenvalue weighted by atomic mass is 16.6. The summed E-state index contributed by atoms with van der Waals surface area (Å²) < 4.78 is 1.89. The van der Waals surface area contributed by atoms with Gasteiger partial charge in [0.2, 0.25) is 5.91 Å². The Kier molecular flexibility index (Phi) is 6.27. The Morgan fingerprint density at radius 3 is 2.37 bits per heavy atom. The van der Waals surface area contributed by atoms with E-state index >= 15 is 0 Å². The third-order valence-corrected chi connectivity index (χ3v) is 4.06. The normalized spacial score (nSPS) is 10.7. The number of non-ortho nitro benzene ring substituents is 1. The largest absolute Gasteiger partial charge is 0.273 e. The summed E-state index contributed by atoms with van der Waals surface area (Å²) in [4.78, 5) is 34.3. The summed E-state index contributed by atoms with van der Waals surface area (Å²) in [7, 11) is 0. The maximum Gasteiger partial charge on any atom is 0.269 e. The molecule has 1 aromatic carbocycles. The van der Waals surface area contributed by atoms with Gasteiger partial charge in [-0.05, 0) is 31.9 Å². The molecule has 0 saturated heterocycles. The first-order chi connectivity index (χ1) is 12.7. The smallest absolute Gasteiger partial charge is 0.269 e. The predicted octanol–water partition coefficient (Wildman–Crippen LogP) is 2.07. The molecular weight excluding hydrogens is 350 g/mol. The minimum Gasteiger partial charge on any atom is -0.273 e. The van der Waals surface area contributed by atoms with Crippen LogP contribution in [-0.2, 0) is 17.8 Å². The topological polar surface area (TPSA) is 119 Å². The number of rotatable bonds is 6. The van der Waals surface area contributed by atoms with Crippen LogP contribution in [0.4, 0.5) is 5.69 Å². The molecule has 9 heteroatoms. The van der Waals surface area contributed by atoms with Gasteiger partial charge in [0.05, 0.1) is 17.0 Å². The van der Waals surface area contributed by atoms with Crippen molar-refractivity contribution in [3.05, 3.63) is 56.9 Å². The fraction of sp³-hybridized carbons (Fsp3) is 0.389. The maximum atomic E-state index is 12.2. The second kappa shape index (κ2) is 8.43. The lowest BCUT2D eigenvalue weighted by atomic mass is 10.1. The first-order valence-corrected chi connectivity index (χ1v) is 8.55. The molecule has 1 aromatic heterocycles. The van der Waals surface area contributed by atoms with Crippen molar-refractivity contribution in [3.8, 4) is 0 Å². The van der Waals surface area contributed by atoms with Crippen molar-refractivity contribution < 1.29 is 14.5 Å². The number of nitro benzene ring substituents is 1. The summed E-state index contributed by atoms with van der Waals surface area (Å²) in [5.41, 5.74) is 7.31. The zero-order valence-corrected chi connectivity index (χ0v) is 15.8. The number of carbonyl (C=O) groups excluding carboxylic acids is 2. The molecule has 144 valence electrons. The summed E-state index contributed by atoms with van der Waals surface area (Å²) in [6.45, 7) is 8.72. The van der Waals surface area contributed by atoms with Gasteiger partial charge in [-0.1, -0.05) is 13.8 Å². The van der Waals surface area contributed by atoms with Gasteiger partial charge >= 0.3 is 0 Å². The lowest BCUT2D eigenvalue weighted by molar-refractivity contribution is -0.384. The van der Waals surface area contributed by atoms with E-state index in [1.54, 1.807) is 0 Å². The fourth-order valence-corrected chi connectivity index (χ4v) is 2.65. The SMILES string of the molecule is Cc1nn(CC(C)C)c(C)c1CC(=O)NNC(=O)c1ccc([N+](=O)[O-])cc1. The monoisotopic (exact) mass is 373 g/mol. The molecular formula is C18H23N5O4. The van der Waals surface area contributed by atoms with Crippen LogP contribution in [-0.4, -0.2) is 26.5 Å². The summed E-state index contributed by atoms with van der Waals surface area (Å²) in [5, 5.41) is 15.1. The highest BCUT2D eigenvalue weighted by Gasteiger charge is 2.16. The molecule has 9 nitrogen and oxygen atoms in total. The minimum absolute atomic E-state index is 0.0936. The average Bonchev–Trinajstić information content (AvgIpc) is 2.86. The van der Waals surface area contributed by atoms with E-state index in [1.165, 1.54) is 24.3 Å². The third-order valence-electron chi connectivity index (χ3n) is 4.06. The van der Waals surface area contributed by atoms with Crippen molar-refractivity contribution in [1.82, 2.24) is 20.6 Å². The highest BCUT2D eigenvalue weighted by Crippen LogP contribution is 2.15. The van der Waals surface area contributed by atoms with Crippen LogP contribution in [0.5, 0.6) is 0 Å². The van der Waals surface area contributed by atoms with Crippen molar-refractivity contribution in [2.24, 2.45) is 5.92 Å². The summed E-state index contributed by atoms with van der Waals surface area (Å²) in [6.07, 6.45) is 0.0936. The molecule has 0 saturated carbocycles. The van der Waals surface area contributed by atoms with E-state index in [9.17, 15) is 19.7 Å². The van der Waals surface area contributed by atoms with E-state index in [4.69, 9.17) is 0 Å². The zero-order valence-electron chi connectivity index (χ0n) is 15.8. The van der Waals surface area contributed by atoms with Crippen LogP contribution in [0.25, 0.3) is 0 Å². The van der Waals surface area contributed by atoms with E-state index < -0.39 is 10.8 Å². The lowest BCUT2D eigenvalue weighted by Crippen LogP contribution is -2.42. The second-order valence-electron chi connectivity index (χ2n) is 6.71. The lowest BCUT2D eigenvalue weighted by Gasteiger charge is -2.09. The van der Waals surface area contributed by atoms with Crippen LogP contribution < -0.4 is 10.9 Å². The van der Waals surface area contributed by atoms with Crippen molar-refractivity contribution in [2.75, 3.05) is 0 Å². The van der Waals surface area contributed by atoms with Crippen molar-refractivity contribution in [3.63, 3.8) is 0 Å². The number of nitrogens with one attached hydrogen (secondary N) is 2. The molecule has 2 aromatic rings. The predicted molar refractivity (Wildman–Crippen MR) is 98.9 cm³/mol. The molecule has 0 fully saturated rings. The molecule has 0 aliphatic heterocycles. The Labute approximate surface area is 156 Å². The molecule has 2 N–H and O–H groups in total. The third kappa shape index (κ3) is 5.13. The van der Waals surface area contributed by atoms with Crippen LogP contribution in [0.2, 0.25) is 0 Å². The molecule has 0 bridgehead atoms. The number of nitrogens with zero attached hydrogens (tertiary/aromatic N) is 3. The van der Waals surface area contributed by atoms with Gasteiger partial charge in [-0.25, -0.2) is 0 Å². The van der Waals surface area contributed by atoms with Gasteiger partial charge in [0.15, 0.2) is 0 Å². The van der Waals surface area contributed by atoms with Gasteiger partial charge in [-0.2, -0.15) is 5.10 Å². The van der Waals surface area contributed by atoms with Crippen molar-refractivity contribution in [1.29, 1.82) is 0 Å². The minimum atomic E-state index is -0.554. The van der Waals surface area contributed by atoms with E-state index in [1.807, 2.05) is 18.5 Å². The molecule has 0 radical (unpaired) electrons. The number of nitro groups is 1. The quantitative estimate of drug-likeness (QED) is 0.593.